The van der Waals surface area contributed by atoms with E-state index in [-0.39, 0.29) is 18.1 Å². The number of carboxylic acids is 1. The third-order valence-electron chi connectivity index (χ3n) is 6.09. The SMILES string of the molecule is C=CCc1cc(C=C2SC(=Nc3ccc(C(=O)O)cc3)N(CC)C2=O)cc(OC)c1OCc1ccccc1C#N. The molecule has 0 aliphatic carbocycles. The van der Waals surface area contributed by atoms with Crippen LogP contribution in [-0.2, 0) is 17.8 Å². The van der Waals surface area contributed by atoms with Crippen molar-refractivity contribution in [2.75, 3.05) is 13.7 Å². The molecule has 1 heterocycles. The van der Waals surface area contributed by atoms with E-state index in [9.17, 15) is 14.9 Å². The maximum absolute atomic E-state index is 13.2. The molecule has 0 atom stereocenters. The minimum absolute atomic E-state index is 0.165. The quantitative estimate of drug-likeness (QED) is 0.235. The summed E-state index contributed by atoms with van der Waals surface area (Å²) in [7, 11) is 1.55. The molecule has 0 saturated carbocycles. The monoisotopic (exact) mass is 553 g/mol. The summed E-state index contributed by atoms with van der Waals surface area (Å²) in [5.41, 5.74) is 3.59. The van der Waals surface area contributed by atoms with Crippen molar-refractivity contribution >= 4 is 40.6 Å². The first-order valence-electron chi connectivity index (χ1n) is 12.4. The lowest BCUT2D eigenvalue weighted by Crippen LogP contribution is -2.28. The average molecular weight is 554 g/mol. The third kappa shape index (κ3) is 6.25. The van der Waals surface area contributed by atoms with Crippen molar-refractivity contribution in [2.45, 2.75) is 20.0 Å². The second-order valence-electron chi connectivity index (χ2n) is 8.67. The Morgan fingerprint density at radius 3 is 2.58 bits per heavy atom. The fraction of sp³-hybridized carbons (Fsp3) is 0.161. The Bertz CT molecular complexity index is 1550. The van der Waals surface area contributed by atoms with Gasteiger partial charge in [0.05, 0.1) is 34.9 Å². The zero-order valence-electron chi connectivity index (χ0n) is 22.1. The molecule has 9 heteroatoms. The molecule has 1 amide bonds. The lowest BCUT2D eigenvalue weighted by atomic mass is 10.0. The highest BCUT2D eigenvalue weighted by Gasteiger charge is 2.32. The van der Waals surface area contributed by atoms with Crippen LogP contribution >= 0.6 is 11.8 Å². The van der Waals surface area contributed by atoms with Crippen LogP contribution in [0.1, 0.15) is 39.5 Å². The van der Waals surface area contributed by atoms with Gasteiger partial charge in [0, 0.05) is 17.7 Å². The van der Waals surface area contributed by atoms with E-state index in [4.69, 9.17) is 14.6 Å². The van der Waals surface area contributed by atoms with Crippen LogP contribution in [0.4, 0.5) is 5.69 Å². The van der Waals surface area contributed by atoms with Gasteiger partial charge in [-0.1, -0.05) is 24.3 Å². The standard InChI is InChI=1S/C31H27N3O5S/c1-4-8-22-15-20(16-26(38-3)28(22)39-19-24-10-7-6-9-23(24)18-32)17-27-29(35)34(5-2)31(40-27)33-25-13-11-21(12-14-25)30(36)37/h4,6-7,9-17H,1,5,8,19H2,2-3H3,(H,36,37). The summed E-state index contributed by atoms with van der Waals surface area (Å²) in [4.78, 5) is 31.0. The highest BCUT2D eigenvalue weighted by molar-refractivity contribution is 8.18. The zero-order chi connectivity index (χ0) is 28.6. The van der Waals surface area contributed by atoms with Crippen molar-refractivity contribution < 1.29 is 24.2 Å². The Labute approximate surface area is 236 Å². The summed E-state index contributed by atoms with van der Waals surface area (Å²) in [5.74, 6) is -0.147. The number of thioether (sulfide) groups is 1. The van der Waals surface area contributed by atoms with Crippen molar-refractivity contribution in [2.24, 2.45) is 4.99 Å². The Hall–Kier alpha value is -4.81. The number of rotatable bonds is 10. The molecule has 0 unspecified atom stereocenters. The van der Waals surface area contributed by atoms with Gasteiger partial charge < -0.3 is 14.6 Å². The number of nitrogens with zero attached hydrogens (tertiary/aromatic N) is 3. The second kappa shape index (κ2) is 12.8. The van der Waals surface area contributed by atoms with Crippen LogP contribution in [0.2, 0.25) is 0 Å². The van der Waals surface area contributed by atoms with Crippen molar-refractivity contribution in [3.8, 4) is 17.6 Å². The number of hydrogen-bond donors (Lipinski definition) is 1. The molecule has 0 aromatic heterocycles. The van der Waals surface area contributed by atoms with Crippen LogP contribution in [0.3, 0.4) is 0 Å². The summed E-state index contributed by atoms with van der Waals surface area (Å²) in [5, 5.41) is 19.0. The number of carboxylic acid groups (broad SMARTS) is 1. The highest BCUT2D eigenvalue weighted by atomic mass is 32.2. The van der Waals surface area contributed by atoms with Crippen LogP contribution in [0.5, 0.6) is 11.5 Å². The normalized spacial score (nSPS) is 14.8. The average Bonchev–Trinajstić information content (AvgIpc) is 3.25. The minimum Gasteiger partial charge on any atom is -0.493 e. The molecule has 0 bridgehead atoms. The molecule has 40 heavy (non-hydrogen) atoms. The van der Waals surface area contributed by atoms with Gasteiger partial charge in [0.25, 0.3) is 5.91 Å². The second-order valence-corrected chi connectivity index (χ2v) is 9.68. The number of hydrogen-bond acceptors (Lipinski definition) is 7. The van der Waals surface area contributed by atoms with E-state index in [0.29, 0.717) is 45.8 Å². The predicted octanol–water partition coefficient (Wildman–Crippen LogP) is 6.20. The first kappa shape index (κ1) is 28.2. The molecule has 1 aliphatic rings. The van der Waals surface area contributed by atoms with Crippen LogP contribution in [0.25, 0.3) is 6.08 Å². The number of likely N-dealkylation sites (N-methyl/N-ethyl adjacent to an activating group) is 1. The summed E-state index contributed by atoms with van der Waals surface area (Å²) in [6, 6.07) is 19.3. The summed E-state index contributed by atoms with van der Waals surface area (Å²) < 4.78 is 11.8. The fourth-order valence-electron chi connectivity index (χ4n) is 4.11. The summed E-state index contributed by atoms with van der Waals surface area (Å²) >= 11 is 1.25. The smallest absolute Gasteiger partial charge is 0.335 e. The number of amides is 1. The summed E-state index contributed by atoms with van der Waals surface area (Å²) in [6.45, 7) is 6.35. The Kier molecular flexibility index (Phi) is 9.04. The topological polar surface area (TPSA) is 112 Å². The van der Waals surface area contributed by atoms with Gasteiger partial charge in [-0.3, -0.25) is 9.69 Å². The molecule has 1 fully saturated rings. The molecule has 1 N–H and O–H groups in total. The molecule has 0 radical (unpaired) electrons. The lowest BCUT2D eigenvalue weighted by molar-refractivity contribution is -0.122. The van der Waals surface area contributed by atoms with Crippen LogP contribution < -0.4 is 9.47 Å². The first-order chi connectivity index (χ1) is 19.4. The van der Waals surface area contributed by atoms with E-state index in [1.165, 1.54) is 23.9 Å². The van der Waals surface area contributed by atoms with Crippen molar-refractivity contribution in [1.29, 1.82) is 5.26 Å². The van der Waals surface area contributed by atoms with Gasteiger partial charge in [-0.05, 0) is 79.2 Å². The van der Waals surface area contributed by atoms with Gasteiger partial charge in [0.2, 0.25) is 0 Å². The summed E-state index contributed by atoms with van der Waals surface area (Å²) in [6.07, 6.45) is 4.05. The molecule has 3 aromatic rings. The highest BCUT2D eigenvalue weighted by Crippen LogP contribution is 2.38. The molecular formula is C31H27N3O5S. The fourth-order valence-corrected chi connectivity index (χ4v) is 5.17. The molecule has 202 valence electrons. The van der Waals surface area contributed by atoms with Crippen LogP contribution in [0.15, 0.2) is 83.2 Å². The van der Waals surface area contributed by atoms with Crippen LogP contribution in [-0.4, -0.2) is 40.7 Å². The predicted molar refractivity (Wildman–Crippen MR) is 156 cm³/mol. The number of amidine groups is 1. The van der Waals surface area contributed by atoms with Crippen LogP contribution in [0, 0.1) is 11.3 Å². The number of nitriles is 1. The Morgan fingerprint density at radius 1 is 1.18 bits per heavy atom. The van der Waals surface area contributed by atoms with Gasteiger partial charge in [-0.25, -0.2) is 9.79 Å². The number of allylic oxidation sites excluding steroid dienone is 1. The van der Waals surface area contributed by atoms with Crippen molar-refractivity contribution in [3.63, 3.8) is 0 Å². The van der Waals surface area contributed by atoms with E-state index in [1.54, 1.807) is 54.5 Å². The van der Waals surface area contributed by atoms with Gasteiger partial charge in [0.15, 0.2) is 16.7 Å². The van der Waals surface area contributed by atoms with Gasteiger partial charge in [-0.2, -0.15) is 5.26 Å². The van der Waals surface area contributed by atoms with Gasteiger partial charge in [-0.15, -0.1) is 6.58 Å². The Morgan fingerprint density at radius 2 is 1.93 bits per heavy atom. The molecule has 0 spiro atoms. The molecule has 8 nitrogen and oxygen atoms in total. The number of ether oxygens (including phenoxy) is 2. The lowest BCUT2D eigenvalue weighted by Gasteiger charge is -2.16. The maximum atomic E-state index is 13.2. The number of carbonyl (C=O) groups is 2. The molecular weight excluding hydrogens is 526 g/mol. The first-order valence-corrected chi connectivity index (χ1v) is 13.3. The van der Waals surface area contributed by atoms with Crippen molar-refractivity contribution in [1.82, 2.24) is 4.90 Å². The number of aromatic carboxylic acids is 1. The molecule has 3 aromatic carbocycles. The Balaban J connectivity index is 1.65. The van der Waals surface area contributed by atoms with E-state index in [1.807, 2.05) is 25.1 Å². The molecule has 1 aliphatic heterocycles. The third-order valence-corrected chi connectivity index (χ3v) is 7.10. The number of aliphatic imine (C=N–C) groups is 1. The van der Waals surface area contributed by atoms with E-state index in [2.05, 4.69) is 17.6 Å². The minimum atomic E-state index is -1.01. The number of carbonyl (C=O) groups excluding carboxylic acids is 1. The maximum Gasteiger partial charge on any atom is 0.335 e. The number of benzene rings is 3. The van der Waals surface area contributed by atoms with Gasteiger partial charge in [0.1, 0.15) is 6.61 Å². The molecule has 1 saturated heterocycles. The van der Waals surface area contributed by atoms with E-state index >= 15 is 0 Å². The van der Waals surface area contributed by atoms with E-state index in [0.717, 1.165) is 16.7 Å². The zero-order valence-corrected chi connectivity index (χ0v) is 22.9. The van der Waals surface area contributed by atoms with Crippen molar-refractivity contribution in [3.05, 3.63) is 106 Å². The van der Waals surface area contributed by atoms with E-state index < -0.39 is 5.97 Å². The molecule has 4 rings (SSSR count). The number of methoxy groups -OCH3 is 1. The largest absolute Gasteiger partial charge is 0.493 e. The van der Waals surface area contributed by atoms with Gasteiger partial charge >= 0.3 is 5.97 Å².